The summed E-state index contributed by atoms with van der Waals surface area (Å²) in [7, 11) is 2.18. The predicted octanol–water partition coefficient (Wildman–Crippen LogP) is 2.43. The molecule has 8 nitrogen and oxygen atoms in total. The molecular weight excluding hydrogens is 508 g/mol. The van der Waals surface area contributed by atoms with Crippen molar-refractivity contribution in [2.24, 2.45) is 5.73 Å². The second kappa shape index (κ2) is 14.2. The molecule has 0 saturated carbocycles. The first-order valence-corrected chi connectivity index (χ1v) is 15.1. The summed E-state index contributed by atoms with van der Waals surface area (Å²) >= 11 is 1.48. The van der Waals surface area contributed by atoms with E-state index in [4.69, 9.17) is 5.73 Å². The van der Waals surface area contributed by atoms with Crippen LogP contribution in [0.1, 0.15) is 30.9 Å². The third-order valence-corrected chi connectivity index (χ3v) is 9.35. The lowest BCUT2D eigenvalue weighted by molar-refractivity contribution is -0.131. The number of carbonyl (C=O) groups is 2. The third-order valence-electron chi connectivity index (χ3n) is 7.83. The highest BCUT2D eigenvalue weighted by atomic mass is 32.2. The molecule has 39 heavy (non-hydrogen) atoms. The molecule has 2 aromatic rings. The van der Waals surface area contributed by atoms with E-state index >= 15 is 0 Å². The van der Waals surface area contributed by atoms with Crippen LogP contribution in [0.25, 0.3) is 0 Å². The fourth-order valence-corrected chi connectivity index (χ4v) is 6.58. The molecule has 0 radical (unpaired) electrons. The minimum absolute atomic E-state index is 0.0321. The van der Waals surface area contributed by atoms with Crippen LogP contribution in [0.4, 0.5) is 5.69 Å². The molecule has 2 fully saturated rings. The van der Waals surface area contributed by atoms with Gasteiger partial charge >= 0.3 is 0 Å². The number of rotatable bonds is 12. The van der Waals surface area contributed by atoms with E-state index in [1.807, 2.05) is 25.1 Å². The Kier molecular flexibility index (Phi) is 10.7. The Morgan fingerprint density at radius 2 is 1.77 bits per heavy atom. The van der Waals surface area contributed by atoms with E-state index in [9.17, 15) is 9.59 Å². The van der Waals surface area contributed by atoms with Gasteiger partial charge in [0, 0.05) is 58.0 Å². The summed E-state index contributed by atoms with van der Waals surface area (Å²) in [6.45, 7) is 11.2. The Balaban J connectivity index is 1.24. The Hall–Kier alpha value is -2.59. The highest BCUT2D eigenvalue weighted by molar-refractivity contribution is 8.01. The quantitative estimate of drug-likeness (QED) is 0.372. The van der Waals surface area contributed by atoms with Gasteiger partial charge in [-0.25, -0.2) is 0 Å². The van der Waals surface area contributed by atoms with Crippen molar-refractivity contribution in [1.29, 1.82) is 0 Å². The van der Waals surface area contributed by atoms with Gasteiger partial charge in [-0.3, -0.25) is 9.59 Å². The number of likely N-dealkylation sites (N-methyl/N-ethyl adjacent to an activating group) is 2. The Bertz CT molecular complexity index is 1060. The summed E-state index contributed by atoms with van der Waals surface area (Å²) in [5, 5.41) is 5.75. The lowest BCUT2D eigenvalue weighted by Gasteiger charge is -2.32. The SMILES string of the molecule is CCN1C(=O)[C@@H](CNc2ccc(CCN3CCN(C)CC3)cc2)SC1[C@H](N)C(=O)NCC(C)c1ccccc1. The number of nitrogens with two attached hydrogens (primary N) is 1. The maximum Gasteiger partial charge on any atom is 0.239 e. The topological polar surface area (TPSA) is 93.9 Å². The molecule has 4 rings (SSSR count). The van der Waals surface area contributed by atoms with Crippen molar-refractivity contribution in [3.8, 4) is 0 Å². The smallest absolute Gasteiger partial charge is 0.239 e. The van der Waals surface area contributed by atoms with E-state index in [2.05, 4.69) is 70.8 Å². The highest BCUT2D eigenvalue weighted by Crippen LogP contribution is 2.33. The average molecular weight is 553 g/mol. The van der Waals surface area contributed by atoms with Gasteiger partial charge in [0.1, 0.15) is 16.7 Å². The number of thioether (sulfide) groups is 1. The van der Waals surface area contributed by atoms with Crippen LogP contribution in [0.3, 0.4) is 0 Å². The number of hydrogen-bond donors (Lipinski definition) is 3. The van der Waals surface area contributed by atoms with Crippen molar-refractivity contribution in [1.82, 2.24) is 20.0 Å². The molecule has 212 valence electrons. The van der Waals surface area contributed by atoms with Crippen molar-refractivity contribution in [3.05, 3.63) is 65.7 Å². The zero-order valence-corrected chi connectivity index (χ0v) is 24.3. The van der Waals surface area contributed by atoms with E-state index in [0.717, 1.165) is 44.8 Å². The zero-order chi connectivity index (χ0) is 27.8. The van der Waals surface area contributed by atoms with Gasteiger partial charge in [0.2, 0.25) is 11.8 Å². The van der Waals surface area contributed by atoms with Crippen LogP contribution in [0.2, 0.25) is 0 Å². The van der Waals surface area contributed by atoms with E-state index in [1.54, 1.807) is 4.90 Å². The summed E-state index contributed by atoms with van der Waals surface area (Å²) < 4.78 is 0. The zero-order valence-electron chi connectivity index (χ0n) is 23.5. The first-order chi connectivity index (χ1) is 18.9. The number of nitrogens with zero attached hydrogens (tertiary/aromatic N) is 3. The third kappa shape index (κ3) is 7.97. The van der Waals surface area contributed by atoms with Gasteiger partial charge in [0.05, 0.1) is 0 Å². The molecule has 2 amide bonds. The van der Waals surface area contributed by atoms with Crippen molar-refractivity contribution < 1.29 is 9.59 Å². The van der Waals surface area contributed by atoms with Gasteiger partial charge in [-0.1, -0.05) is 49.4 Å². The highest BCUT2D eigenvalue weighted by Gasteiger charge is 2.44. The number of amides is 2. The van der Waals surface area contributed by atoms with Crippen LogP contribution in [0.5, 0.6) is 0 Å². The van der Waals surface area contributed by atoms with Gasteiger partial charge in [-0.15, -0.1) is 11.8 Å². The summed E-state index contributed by atoms with van der Waals surface area (Å²) in [5.74, 6) is -0.00961. The standard InChI is InChI=1S/C30H44N6O2S/c1-4-36-29(38)26(39-30(36)27(31)28(37)33-20-22(2)24-8-6-5-7-9-24)21-32-25-12-10-23(11-13-25)14-15-35-18-16-34(3)17-19-35/h5-13,22,26-27,30,32H,4,14-21,31H2,1-3H3,(H,33,37)/t22?,26-,27-,30?/m1/s1. The Labute approximate surface area is 237 Å². The van der Waals surface area contributed by atoms with Gasteiger partial charge in [0.25, 0.3) is 0 Å². The maximum absolute atomic E-state index is 13.1. The number of hydrogen-bond acceptors (Lipinski definition) is 7. The molecule has 2 heterocycles. The number of benzene rings is 2. The van der Waals surface area contributed by atoms with Crippen molar-refractivity contribution in [2.45, 2.75) is 42.9 Å². The van der Waals surface area contributed by atoms with E-state index < -0.39 is 6.04 Å². The van der Waals surface area contributed by atoms with Crippen LogP contribution in [0, 0.1) is 0 Å². The molecule has 0 spiro atoms. The lowest BCUT2D eigenvalue weighted by atomic mass is 10.0. The first-order valence-electron chi connectivity index (χ1n) is 14.1. The second-order valence-electron chi connectivity index (χ2n) is 10.7. The number of carbonyl (C=O) groups excluding carboxylic acids is 2. The fraction of sp³-hybridized carbons (Fsp3) is 0.533. The van der Waals surface area contributed by atoms with Crippen LogP contribution < -0.4 is 16.4 Å². The van der Waals surface area contributed by atoms with Crippen molar-refractivity contribution in [3.63, 3.8) is 0 Å². The largest absolute Gasteiger partial charge is 0.383 e. The first kappa shape index (κ1) is 29.4. The minimum Gasteiger partial charge on any atom is -0.383 e. The molecule has 4 N–H and O–H groups in total. The summed E-state index contributed by atoms with van der Waals surface area (Å²) in [4.78, 5) is 32.7. The molecule has 2 aromatic carbocycles. The normalized spacial score (nSPS) is 22.1. The lowest BCUT2D eigenvalue weighted by Crippen LogP contribution is -2.53. The Morgan fingerprint density at radius 3 is 2.44 bits per heavy atom. The fourth-order valence-electron chi connectivity index (χ4n) is 5.12. The molecular formula is C30H44N6O2S. The molecule has 4 atom stereocenters. The Morgan fingerprint density at radius 1 is 1.08 bits per heavy atom. The molecule has 2 unspecified atom stereocenters. The molecule has 0 aromatic heterocycles. The van der Waals surface area contributed by atoms with E-state index in [1.165, 1.54) is 22.9 Å². The number of anilines is 1. The number of nitrogens with one attached hydrogen (secondary N) is 2. The average Bonchev–Trinajstić information content (AvgIpc) is 3.29. The molecule has 2 aliphatic heterocycles. The van der Waals surface area contributed by atoms with Crippen molar-refractivity contribution >= 4 is 29.3 Å². The van der Waals surface area contributed by atoms with Gasteiger partial charge in [0.15, 0.2) is 0 Å². The predicted molar refractivity (Wildman–Crippen MR) is 161 cm³/mol. The molecule has 2 saturated heterocycles. The summed E-state index contributed by atoms with van der Waals surface area (Å²) in [6.07, 6.45) is 1.04. The van der Waals surface area contributed by atoms with E-state index in [0.29, 0.717) is 19.6 Å². The summed E-state index contributed by atoms with van der Waals surface area (Å²) in [6, 6.07) is 17.8. The van der Waals surface area contributed by atoms with Crippen LogP contribution in [-0.2, 0) is 16.0 Å². The maximum atomic E-state index is 13.1. The number of piperazine rings is 1. The van der Waals surface area contributed by atoms with Gasteiger partial charge < -0.3 is 31.1 Å². The van der Waals surface area contributed by atoms with E-state index in [-0.39, 0.29) is 28.4 Å². The molecule has 2 aliphatic rings. The van der Waals surface area contributed by atoms with Gasteiger partial charge in [-0.2, -0.15) is 0 Å². The van der Waals surface area contributed by atoms with Crippen LogP contribution in [0.15, 0.2) is 54.6 Å². The van der Waals surface area contributed by atoms with Crippen LogP contribution >= 0.6 is 11.8 Å². The second-order valence-corrected chi connectivity index (χ2v) is 12.0. The van der Waals surface area contributed by atoms with Crippen molar-refractivity contribution in [2.75, 3.05) is 64.7 Å². The molecule has 9 heteroatoms. The summed E-state index contributed by atoms with van der Waals surface area (Å²) in [5.41, 5.74) is 9.88. The monoisotopic (exact) mass is 552 g/mol. The molecule has 0 aliphatic carbocycles. The molecule has 0 bridgehead atoms. The minimum atomic E-state index is -0.786. The van der Waals surface area contributed by atoms with Gasteiger partial charge in [-0.05, 0) is 49.6 Å². The van der Waals surface area contributed by atoms with Crippen LogP contribution in [-0.4, -0.2) is 103 Å².